The molecule has 0 spiro atoms. The highest BCUT2D eigenvalue weighted by atomic mass is 16.2. The highest BCUT2D eigenvalue weighted by Crippen LogP contribution is 2.22. The van der Waals surface area contributed by atoms with Gasteiger partial charge in [-0.25, -0.2) is 4.98 Å². The Hall–Kier alpha value is -2.56. The number of carbonyl (C=O) groups excluding carboxylic acids is 1. The summed E-state index contributed by atoms with van der Waals surface area (Å²) in [6.45, 7) is 9.65. The van der Waals surface area contributed by atoms with Crippen LogP contribution < -0.4 is 5.32 Å². The van der Waals surface area contributed by atoms with E-state index in [0.717, 1.165) is 18.8 Å². The van der Waals surface area contributed by atoms with Crippen molar-refractivity contribution in [1.29, 1.82) is 0 Å². The Labute approximate surface area is 155 Å². The van der Waals surface area contributed by atoms with Crippen LogP contribution in [0.15, 0.2) is 42.9 Å². The zero-order chi connectivity index (χ0) is 18.7. The van der Waals surface area contributed by atoms with Crippen molar-refractivity contribution in [3.8, 4) is 0 Å². The second-order valence-electron chi connectivity index (χ2n) is 7.20. The number of aromatic nitrogens is 3. The molecule has 1 aromatic carbocycles. The minimum Gasteiger partial charge on any atom is -0.352 e. The maximum atomic E-state index is 12.4. The lowest BCUT2D eigenvalue weighted by atomic mass is 10.1. The predicted octanol–water partition coefficient (Wildman–Crippen LogP) is 3.73. The van der Waals surface area contributed by atoms with Crippen LogP contribution in [0.25, 0.3) is 10.9 Å². The molecule has 0 saturated heterocycles. The maximum absolute atomic E-state index is 12.4. The van der Waals surface area contributed by atoms with E-state index in [2.05, 4.69) is 73.0 Å². The molecule has 3 rings (SSSR count). The number of benzene rings is 1. The molecule has 26 heavy (non-hydrogen) atoms. The van der Waals surface area contributed by atoms with Crippen molar-refractivity contribution in [1.82, 2.24) is 19.4 Å². The number of aryl methyl sites for hydroxylation is 1. The first-order valence-corrected chi connectivity index (χ1v) is 9.36. The quantitative estimate of drug-likeness (QED) is 0.704. The Morgan fingerprint density at radius 2 is 1.96 bits per heavy atom. The molecule has 0 fully saturated rings. The molecule has 1 unspecified atom stereocenters. The number of para-hydroxylation sites is 1. The largest absolute Gasteiger partial charge is 0.352 e. The Balaban J connectivity index is 1.66. The monoisotopic (exact) mass is 352 g/mol. The number of nitrogens with one attached hydrogen (secondary N) is 1. The summed E-state index contributed by atoms with van der Waals surface area (Å²) in [5.74, 6) is 1.27. The van der Waals surface area contributed by atoms with Crippen molar-refractivity contribution in [2.24, 2.45) is 0 Å². The number of nitrogens with zero attached hydrogens (tertiary/aromatic N) is 3. The van der Waals surface area contributed by atoms with E-state index in [1.807, 2.05) is 10.8 Å². The second-order valence-corrected chi connectivity index (χ2v) is 7.20. The summed E-state index contributed by atoms with van der Waals surface area (Å²) >= 11 is 0. The topological polar surface area (TPSA) is 51.9 Å². The molecule has 1 amide bonds. The molecule has 5 heteroatoms. The lowest BCUT2D eigenvalue weighted by molar-refractivity contribution is -0.122. The Bertz CT molecular complexity index is 890. The van der Waals surface area contributed by atoms with E-state index in [1.165, 1.54) is 16.5 Å². The Morgan fingerprint density at radius 1 is 1.19 bits per heavy atom. The smallest absolute Gasteiger partial charge is 0.240 e. The van der Waals surface area contributed by atoms with Crippen LogP contribution in [0.1, 0.15) is 45.0 Å². The van der Waals surface area contributed by atoms with Crippen LogP contribution >= 0.6 is 0 Å². The molecule has 0 bridgehead atoms. The SMILES string of the molecule is CCn1cc(CC(C)NC(=O)Cn2ccnc2C(C)C)c2ccccc21. The summed E-state index contributed by atoms with van der Waals surface area (Å²) < 4.78 is 4.19. The molecular formula is C21H28N4O. The van der Waals surface area contributed by atoms with Crippen LogP contribution in [0.3, 0.4) is 0 Å². The number of carbonyl (C=O) groups is 1. The van der Waals surface area contributed by atoms with Gasteiger partial charge in [0.2, 0.25) is 5.91 Å². The normalized spacial score (nSPS) is 12.7. The van der Waals surface area contributed by atoms with E-state index in [1.54, 1.807) is 6.20 Å². The molecule has 0 radical (unpaired) electrons. The highest BCUT2D eigenvalue weighted by molar-refractivity contribution is 5.84. The van der Waals surface area contributed by atoms with Crippen LogP contribution in [0.2, 0.25) is 0 Å². The Morgan fingerprint density at radius 3 is 2.69 bits per heavy atom. The van der Waals surface area contributed by atoms with Crippen molar-refractivity contribution < 1.29 is 4.79 Å². The van der Waals surface area contributed by atoms with Gasteiger partial charge in [-0.1, -0.05) is 32.0 Å². The number of amides is 1. The zero-order valence-electron chi connectivity index (χ0n) is 16.1. The van der Waals surface area contributed by atoms with Crippen molar-refractivity contribution in [3.05, 3.63) is 54.2 Å². The van der Waals surface area contributed by atoms with Gasteiger partial charge in [0.25, 0.3) is 0 Å². The first-order valence-electron chi connectivity index (χ1n) is 9.36. The van der Waals surface area contributed by atoms with Crippen LogP contribution in [0, 0.1) is 0 Å². The van der Waals surface area contributed by atoms with Gasteiger partial charge in [-0.15, -0.1) is 0 Å². The standard InChI is InChI=1S/C21H28N4O/c1-5-24-13-17(18-8-6-7-9-19(18)24)12-16(4)23-20(26)14-25-11-10-22-21(25)15(2)3/h6-11,13,15-16H,5,12,14H2,1-4H3,(H,23,26). The lowest BCUT2D eigenvalue weighted by Gasteiger charge is -2.15. The lowest BCUT2D eigenvalue weighted by Crippen LogP contribution is -2.36. The third-order valence-electron chi connectivity index (χ3n) is 4.72. The fourth-order valence-corrected chi connectivity index (χ4v) is 3.56. The number of rotatable bonds is 7. The third kappa shape index (κ3) is 3.82. The van der Waals surface area contributed by atoms with E-state index in [4.69, 9.17) is 0 Å². The van der Waals surface area contributed by atoms with Gasteiger partial charge in [0.15, 0.2) is 0 Å². The zero-order valence-corrected chi connectivity index (χ0v) is 16.1. The molecule has 0 aliphatic carbocycles. The summed E-state index contributed by atoms with van der Waals surface area (Å²) in [5.41, 5.74) is 2.53. The molecule has 1 N–H and O–H groups in total. The number of hydrogen-bond acceptors (Lipinski definition) is 2. The van der Waals surface area contributed by atoms with Crippen molar-refractivity contribution in [2.45, 2.75) is 59.2 Å². The molecule has 138 valence electrons. The average molecular weight is 352 g/mol. The molecular weight excluding hydrogens is 324 g/mol. The van der Waals surface area contributed by atoms with E-state index in [9.17, 15) is 4.79 Å². The second kappa shape index (κ2) is 7.77. The minimum absolute atomic E-state index is 0.0247. The summed E-state index contributed by atoms with van der Waals surface area (Å²) in [5, 5.41) is 4.40. The van der Waals surface area contributed by atoms with Gasteiger partial charge < -0.3 is 14.5 Å². The highest BCUT2D eigenvalue weighted by Gasteiger charge is 2.15. The van der Waals surface area contributed by atoms with Crippen LogP contribution in [-0.2, 0) is 24.3 Å². The molecule has 1 atom stereocenters. The van der Waals surface area contributed by atoms with Gasteiger partial charge in [0.05, 0.1) is 0 Å². The van der Waals surface area contributed by atoms with Crippen molar-refractivity contribution in [3.63, 3.8) is 0 Å². The van der Waals surface area contributed by atoms with Gasteiger partial charge in [-0.2, -0.15) is 0 Å². The van der Waals surface area contributed by atoms with Crippen LogP contribution in [-0.4, -0.2) is 26.1 Å². The van der Waals surface area contributed by atoms with Crippen molar-refractivity contribution >= 4 is 16.8 Å². The summed E-state index contributed by atoms with van der Waals surface area (Å²) in [6, 6.07) is 8.52. The average Bonchev–Trinajstić information content (AvgIpc) is 3.19. The van der Waals surface area contributed by atoms with Gasteiger partial charge in [0, 0.05) is 48.0 Å². The molecule has 0 aliphatic rings. The summed E-state index contributed by atoms with van der Waals surface area (Å²) in [4.78, 5) is 16.8. The molecule has 2 aromatic heterocycles. The summed E-state index contributed by atoms with van der Waals surface area (Å²) in [7, 11) is 0. The van der Waals surface area contributed by atoms with Crippen molar-refractivity contribution in [2.75, 3.05) is 0 Å². The van der Waals surface area contributed by atoms with Crippen LogP contribution in [0.5, 0.6) is 0 Å². The molecule has 0 saturated carbocycles. The first kappa shape index (κ1) is 18.2. The van der Waals surface area contributed by atoms with E-state index in [-0.39, 0.29) is 11.9 Å². The van der Waals surface area contributed by atoms with Crippen LogP contribution in [0.4, 0.5) is 0 Å². The van der Waals surface area contributed by atoms with E-state index in [0.29, 0.717) is 12.5 Å². The van der Waals surface area contributed by atoms with E-state index < -0.39 is 0 Å². The van der Waals surface area contributed by atoms with E-state index >= 15 is 0 Å². The fourth-order valence-electron chi connectivity index (χ4n) is 3.56. The fraction of sp³-hybridized carbons (Fsp3) is 0.429. The van der Waals surface area contributed by atoms with Gasteiger partial charge in [-0.05, 0) is 31.9 Å². The third-order valence-corrected chi connectivity index (χ3v) is 4.72. The molecule has 5 nitrogen and oxygen atoms in total. The number of hydrogen-bond donors (Lipinski definition) is 1. The first-order chi connectivity index (χ1) is 12.5. The predicted molar refractivity (Wildman–Crippen MR) is 105 cm³/mol. The minimum atomic E-state index is 0.0247. The molecule has 3 aromatic rings. The molecule has 2 heterocycles. The van der Waals surface area contributed by atoms with Gasteiger partial charge in [-0.3, -0.25) is 4.79 Å². The van der Waals surface area contributed by atoms with Gasteiger partial charge >= 0.3 is 0 Å². The molecule has 0 aliphatic heterocycles. The Kier molecular flexibility index (Phi) is 5.45. The maximum Gasteiger partial charge on any atom is 0.240 e. The summed E-state index contributed by atoms with van der Waals surface area (Å²) in [6.07, 6.45) is 6.65. The number of imidazole rings is 1. The van der Waals surface area contributed by atoms with Gasteiger partial charge in [0.1, 0.15) is 12.4 Å². The number of fused-ring (bicyclic) bond motifs is 1.